The normalized spacial score (nSPS) is 22.4. The number of amides is 1. The zero-order chi connectivity index (χ0) is 16.3. The summed E-state index contributed by atoms with van der Waals surface area (Å²) >= 11 is 0. The standard InChI is InChI=1S/C16H27N3O3/c1-5-13(6-2)19-15(7-11(3)17-19)16(21)18-8-14(9-20)22-10-12(18)4/h7,12-14,20H,5-6,8-10H2,1-4H3. The lowest BCUT2D eigenvalue weighted by Gasteiger charge is -2.37. The van der Waals surface area contributed by atoms with Gasteiger partial charge in [-0.15, -0.1) is 0 Å². The number of carbonyl (C=O) groups is 1. The molecule has 2 rings (SSSR count). The Hall–Kier alpha value is -1.40. The number of aromatic nitrogens is 2. The van der Waals surface area contributed by atoms with Gasteiger partial charge in [0.05, 0.1) is 37.1 Å². The van der Waals surface area contributed by atoms with E-state index in [1.165, 1.54) is 0 Å². The number of hydrogen-bond donors (Lipinski definition) is 1. The Bertz CT molecular complexity index is 511. The molecule has 124 valence electrons. The van der Waals surface area contributed by atoms with E-state index in [-0.39, 0.29) is 30.7 Å². The fraction of sp³-hybridized carbons (Fsp3) is 0.750. The van der Waals surface area contributed by atoms with Crippen molar-refractivity contribution >= 4 is 5.91 Å². The molecular formula is C16H27N3O3. The maximum atomic E-state index is 13.0. The van der Waals surface area contributed by atoms with Gasteiger partial charge in [0.2, 0.25) is 0 Å². The van der Waals surface area contributed by atoms with Crippen LogP contribution in [0, 0.1) is 6.92 Å². The predicted octanol–water partition coefficient (Wildman–Crippen LogP) is 1.77. The van der Waals surface area contributed by atoms with E-state index in [1.807, 2.05) is 24.6 Å². The first kappa shape index (κ1) is 17.0. The van der Waals surface area contributed by atoms with Crippen LogP contribution in [0.25, 0.3) is 0 Å². The number of ether oxygens (including phenoxy) is 1. The van der Waals surface area contributed by atoms with E-state index < -0.39 is 0 Å². The van der Waals surface area contributed by atoms with Gasteiger partial charge >= 0.3 is 0 Å². The molecule has 0 radical (unpaired) electrons. The Morgan fingerprint density at radius 1 is 1.50 bits per heavy atom. The molecule has 2 unspecified atom stereocenters. The molecule has 1 aromatic rings. The summed E-state index contributed by atoms with van der Waals surface area (Å²) < 4.78 is 7.38. The Morgan fingerprint density at radius 3 is 2.77 bits per heavy atom. The average molecular weight is 309 g/mol. The topological polar surface area (TPSA) is 67.6 Å². The van der Waals surface area contributed by atoms with Crippen molar-refractivity contribution in [3.63, 3.8) is 0 Å². The van der Waals surface area contributed by atoms with Crippen LogP contribution in [0.15, 0.2) is 6.07 Å². The minimum atomic E-state index is -0.300. The van der Waals surface area contributed by atoms with Gasteiger partial charge in [0.15, 0.2) is 0 Å². The van der Waals surface area contributed by atoms with Crippen molar-refractivity contribution in [1.29, 1.82) is 0 Å². The second-order valence-corrected chi connectivity index (χ2v) is 6.03. The molecule has 6 heteroatoms. The second-order valence-electron chi connectivity index (χ2n) is 6.03. The third-order valence-corrected chi connectivity index (χ3v) is 4.34. The molecule has 0 aromatic carbocycles. The number of aliphatic hydroxyl groups excluding tert-OH is 1. The zero-order valence-corrected chi connectivity index (χ0v) is 14.0. The minimum absolute atomic E-state index is 0.000610. The van der Waals surface area contributed by atoms with Crippen LogP contribution in [0.5, 0.6) is 0 Å². The minimum Gasteiger partial charge on any atom is -0.394 e. The molecule has 1 aromatic heterocycles. The van der Waals surface area contributed by atoms with Crippen molar-refractivity contribution in [1.82, 2.24) is 14.7 Å². The SMILES string of the molecule is CCC(CC)n1nc(C)cc1C(=O)N1CC(CO)OCC1C. The summed E-state index contributed by atoms with van der Waals surface area (Å²) in [4.78, 5) is 14.8. The number of rotatable bonds is 5. The van der Waals surface area contributed by atoms with Crippen LogP contribution in [0.4, 0.5) is 0 Å². The predicted molar refractivity (Wildman–Crippen MR) is 83.9 cm³/mol. The summed E-state index contributed by atoms with van der Waals surface area (Å²) in [6, 6.07) is 2.09. The molecule has 0 aliphatic carbocycles. The lowest BCUT2D eigenvalue weighted by Crippen LogP contribution is -2.52. The molecule has 2 heterocycles. The van der Waals surface area contributed by atoms with E-state index >= 15 is 0 Å². The molecule has 1 amide bonds. The molecule has 1 aliphatic heterocycles. The van der Waals surface area contributed by atoms with Gasteiger partial charge in [0.25, 0.3) is 5.91 Å². The van der Waals surface area contributed by atoms with E-state index in [9.17, 15) is 9.90 Å². The van der Waals surface area contributed by atoms with Crippen LogP contribution in [-0.2, 0) is 4.74 Å². The highest BCUT2D eigenvalue weighted by Crippen LogP contribution is 2.22. The number of hydrogen-bond acceptors (Lipinski definition) is 4. The van der Waals surface area contributed by atoms with Crippen molar-refractivity contribution in [3.05, 3.63) is 17.5 Å². The number of morpholine rings is 1. The first-order chi connectivity index (χ1) is 10.5. The molecule has 2 atom stereocenters. The molecule has 0 spiro atoms. The van der Waals surface area contributed by atoms with Crippen LogP contribution in [0.3, 0.4) is 0 Å². The summed E-state index contributed by atoms with van der Waals surface area (Å²) in [5, 5.41) is 13.8. The van der Waals surface area contributed by atoms with Crippen molar-refractivity contribution in [2.75, 3.05) is 19.8 Å². The first-order valence-electron chi connectivity index (χ1n) is 8.11. The smallest absolute Gasteiger partial charge is 0.272 e. The van der Waals surface area contributed by atoms with E-state index in [0.717, 1.165) is 18.5 Å². The maximum absolute atomic E-state index is 13.0. The zero-order valence-electron chi connectivity index (χ0n) is 14.0. The lowest BCUT2D eigenvalue weighted by molar-refractivity contribution is -0.0670. The molecule has 1 saturated heterocycles. The Balaban J connectivity index is 2.28. The molecule has 1 N–H and O–H groups in total. The molecule has 0 bridgehead atoms. The number of aliphatic hydroxyl groups is 1. The third kappa shape index (κ3) is 3.33. The Labute approximate surface area is 132 Å². The van der Waals surface area contributed by atoms with Crippen molar-refractivity contribution in [3.8, 4) is 0 Å². The van der Waals surface area contributed by atoms with Gasteiger partial charge in [-0.2, -0.15) is 5.10 Å². The average Bonchev–Trinajstić information content (AvgIpc) is 2.90. The summed E-state index contributed by atoms with van der Waals surface area (Å²) in [7, 11) is 0. The molecule has 1 aliphatic rings. The van der Waals surface area contributed by atoms with Crippen LogP contribution in [0.2, 0.25) is 0 Å². The number of aryl methyl sites for hydroxylation is 1. The number of carbonyl (C=O) groups excluding carboxylic acids is 1. The largest absolute Gasteiger partial charge is 0.394 e. The third-order valence-electron chi connectivity index (χ3n) is 4.34. The van der Waals surface area contributed by atoms with Crippen LogP contribution >= 0.6 is 0 Å². The van der Waals surface area contributed by atoms with Crippen LogP contribution < -0.4 is 0 Å². The summed E-state index contributed by atoms with van der Waals surface area (Å²) in [6.45, 7) is 8.91. The lowest BCUT2D eigenvalue weighted by atomic mass is 10.1. The van der Waals surface area contributed by atoms with Gasteiger partial charge < -0.3 is 14.7 Å². The second kappa shape index (κ2) is 7.24. The van der Waals surface area contributed by atoms with Gasteiger partial charge in [-0.25, -0.2) is 0 Å². The van der Waals surface area contributed by atoms with Gasteiger partial charge in [0.1, 0.15) is 5.69 Å². The summed E-state index contributed by atoms with van der Waals surface area (Å²) in [5.41, 5.74) is 1.49. The molecule has 0 saturated carbocycles. The monoisotopic (exact) mass is 309 g/mol. The Kier molecular flexibility index (Phi) is 5.58. The number of nitrogens with zero attached hydrogens (tertiary/aromatic N) is 3. The summed E-state index contributed by atoms with van der Waals surface area (Å²) in [5.74, 6) is -0.0262. The molecule has 6 nitrogen and oxygen atoms in total. The van der Waals surface area contributed by atoms with Crippen LogP contribution in [-0.4, -0.2) is 57.6 Å². The van der Waals surface area contributed by atoms with E-state index in [2.05, 4.69) is 18.9 Å². The van der Waals surface area contributed by atoms with Gasteiger partial charge in [0, 0.05) is 6.54 Å². The molecule has 1 fully saturated rings. The van der Waals surface area contributed by atoms with E-state index in [4.69, 9.17) is 4.74 Å². The van der Waals surface area contributed by atoms with Gasteiger partial charge in [-0.1, -0.05) is 13.8 Å². The fourth-order valence-electron chi connectivity index (χ4n) is 2.95. The van der Waals surface area contributed by atoms with Crippen molar-refractivity contribution in [2.24, 2.45) is 0 Å². The highest BCUT2D eigenvalue weighted by Gasteiger charge is 2.32. The fourth-order valence-corrected chi connectivity index (χ4v) is 2.95. The molecule has 22 heavy (non-hydrogen) atoms. The van der Waals surface area contributed by atoms with Crippen molar-refractivity contribution < 1.29 is 14.6 Å². The van der Waals surface area contributed by atoms with E-state index in [0.29, 0.717) is 18.8 Å². The van der Waals surface area contributed by atoms with Crippen LogP contribution in [0.1, 0.15) is 55.8 Å². The highest BCUT2D eigenvalue weighted by molar-refractivity contribution is 5.93. The molecular weight excluding hydrogens is 282 g/mol. The first-order valence-corrected chi connectivity index (χ1v) is 8.11. The van der Waals surface area contributed by atoms with E-state index in [1.54, 1.807) is 4.90 Å². The van der Waals surface area contributed by atoms with Gasteiger partial charge in [-0.05, 0) is 32.8 Å². The highest BCUT2D eigenvalue weighted by atomic mass is 16.5. The van der Waals surface area contributed by atoms with Crippen molar-refractivity contribution in [2.45, 2.75) is 58.7 Å². The quantitative estimate of drug-likeness (QED) is 0.900. The van der Waals surface area contributed by atoms with Gasteiger partial charge in [-0.3, -0.25) is 9.48 Å². The maximum Gasteiger partial charge on any atom is 0.272 e. The Morgan fingerprint density at radius 2 is 2.18 bits per heavy atom. The summed E-state index contributed by atoms with van der Waals surface area (Å²) in [6.07, 6.45) is 1.58.